The molecule has 0 N–H and O–H groups in total. The van der Waals surface area contributed by atoms with Crippen LogP contribution in [0.3, 0.4) is 0 Å². The van der Waals surface area contributed by atoms with Crippen molar-refractivity contribution in [1.82, 2.24) is 29.9 Å². The van der Waals surface area contributed by atoms with Gasteiger partial charge in [-0.25, -0.2) is 29.9 Å². The van der Waals surface area contributed by atoms with E-state index < -0.39 is 0 Å². The molecule has 2 aliphatic rings. The average molecular weight is 1250 g/mol. The molecule has 8 aromatic carbocycles. The van der Waals surface area contributed by atoms with Crippen LogP contribution in [0, 0.1) is 24.7 Å². The summed E-state index contributed by atoms with van der Waals surface area (Å²) in [4.78, 5) is 28.8. The van der Waals surface area contributed by atoms with Crippen molar-refractivity contribution >= 4 is 0 Å². The average Bonchev–Trinajstić information content (AvgIpc) is 3.97. The van der Waals surface area contributed by atoms with Crippen LogP contribution in [-0.2, 0) is 64.0 Å². The van der Waals surface area contributed by atoms with Crippen LogP contribution < -0.4 is 0 Å². The number of fused-ring (bicyclic) bond motifs is 6. The van der Waals surface area contributed by atoms with Gasteiger partial charge in [0, 0.05) is 22.3 Å². The molecule has 0 saturated heterocycles. The van der Waals surface area contributed by atoms with Crippen molar-refractivity contribution in [2.45, 2.75) is 19.3 Å². The zero-order chi connectivity index (χ0) is 45.4. The van der Waals surface area contributed by atoms with E-state index in [1.807, 2.05) is 146 Å². The zero-order valence-corrected chi connectivity index (χ0v) is 41.4. The van der Waals surface area contributed by atoms with Gasteiger partial charge in [-0.2, -0.15) is 0 Å². The maximum Gasteiger partial charge on any atom is 1.00 e. The quantitative estimate of drug-likeness (QED) is 0.0938. The molecule has 8 heteroatoms. The summed E-state index contributed by atoms with van der Waals surface area (Å²) in [5.41, 5.74) is 16.0. The molecule has 0 aliphatic heterocycles. The van der Waals surface area contributed by atoms with Gasteiger partial charge < -0.3 is 12.8 Å². The molecular weight excluding hydrogens is 1210 g/mol. The Hall–Kier alpha value is -7.62. The molecule has 336 valence electrons. The second-order valence-corrected chi connectivity index (χ2v) is 16.1. The first-order valence-electron chi connectivity index (χ1n) is 22.1. The third kappa shape index (κ3) is 11.1. The van der Waals surface area contributed by atoms with Crippen molar-refractivity contribution < 1.29 is 44.8 Å². The monoisotopic (exact) mass is 1250 g/mol. The molecule has 2 heterocycles. The summed E-state index contributed by atoms with van der Waals surface area (Å²) in [6.45, 7) is 0. The SMILES string of the molecule is [Au+].[Au+].[C-]#Cc1ccc2c(c1)-c1ccccc1C2.[C-]#Cc1ccc2c(c1)-c1ccccc1C2.c1ccc(-c2nc(Cc3nc(-c4ccccc4)nc(-c4ccccc4)n3)nc(-c3ccccc3)n2)cc1. The van der Waals surface area contributed by atoms with Crippen LogP contribution in [0.5, 0.6) is 0 Å². The van der Waals surface area contributed by atoms with E-state index in [4.69, 9.17) is 42.8 Å². The summed E-state index contributed by atoms with van der Waals surface area (Å²) in [5, 5.41) is 0. The van der Waals surface area contributed by atoms with Gasteiger partial charge in [0.1, 0.15) is 11.6 Å². The summed E-state index contributed by atoms with van der Waals surface area (Å²) < 4.78 is 0. The minimum absolute atomic E-state index is 0. The van der Waals surface area contributed by atoms with Crippen molar-refractivity contribution in [3.05, 3.63) is 264 Å². The first-order chi connectivity index (χ1) is 33.1. The predicted octanol–water partition coefficient (Wildman–Crippen LogP) is 12.7. The van der Waals surface area contributed by atoms with Crippen molar-refractivity contribution in [2.24, 2.45) is 0 Å². The number of rotatable bonds is 6. The van der Waals surface area contributed by atoms with E-state index in [1.54, 1.807) is 0 Å². The van der Waals surface area contributed by atoms with E-state index in [9.17, 15) is 0 Å². The minimum atomic E-state index is 0. The standard InChI is InChI=1S/C31H22N6.2C15H9.2Au/c1-5-13-22(14-6-1)28-32-26(33-29(36-28)23-15-7-2-8-16-23)21-27-34-30(24-17-9-3-10-18-24)37-31(35-27)25-19-11-4-12-20-25;2*1-2-11-7-8-13-10-12-5-3-4-6-14(12)15(13)9-11;;/h1-20H,21H2;2*3-9H,10H2;;/q;2*-1;2*+1. The van der Waals surface area contributed by atoms with Crippen LogP contribution >= 0.6 is 0 Å². The predicted molar refractivity (Wildman–Crippen MR) is 266 cm³/mol. The molecule has 0 amide bonds. The maximum atomic E-state index is 7.14. The van der Waals surface area contributed by atoms with Gasteiger partial charge >= 0.3 is 44.8 Å². The van der Waals surface area contributed by atoms with E-state index in [0.29, 0.717) is 41.4 Å². The molecule has 0 saturated carbocycles. The van der Waals surface area contributed by atoms with Crippen molar-refractivity contribution in [2.75, 3.05) is 0 Å². The van der Waals surface area contributed by atoms with Gasteiger partial charge in [0.05, 0.1) is 6.42 Å². The van der Waals surface area contributed by atoms with Gasteiger partial charge in [-0.3, -0.25) is 11.8 Å². The van der Waals surface area contributed by atoms with Gasteiger partial charge in [0.25, 0.3) is 0 Å². The van der Waals surface area contributed by atoms with Crippen LogP contribution in [-0.4, -0.2) is 29.9 Å². The Balaban J connectivity index is 0.000000164. The van der Waals surface area contributed by atoms with E-state index in [2.05, 4.69) is 72.5 Å². The summed E-state index contributed by atoms with van der Waals surface area (Å²) >= 11 is 0. The van der Waals surface area contributed by atoms with Crippen LogP contribution in [0.15, 0.2) is 206 Å². The topological polar surface area (TPSA) is 77.3 Å². The summed E-state index contributed by atoms with van der Waals surface area (Å²) in [7, 11) is 0. The number of hydrogen-bond acceptors (Lipinski definition) is 6. The molecule has 10 aromatic rings. The normalized spacial score (nSPS) is 10.9. The number of hydrogen-bond donors (Lipinski definition) is 0. The van der Waals surface area contributed by atoms with Gasteiger partial charge in [0.15, 0.2) is 23.3 Å². The smallest absolute Gasteiger partial charge is 0.366 e. The first-order valence-corrected chi connectivity index (χ1v) is 22.1. The molecule has 0 fully saturated rings. The van der Waals surface area contributed by atoms with Gasteiger partial charge in [-0.1, -0.05) is 182 Å². The maximum absolute atomic E-state index is 7.14. The summed E-state index contributed by atoms with van der Waals surface area (Å²) in [5.74, 6) is 8.53. The Morgan fingerprint density at radius 2 is 0.609 bits per heavy atom. The van der Waals surface area contributed by atoms with Gasteiger partial charge in [-0.05, 0) is 57.3 Å². The zero-order valence-electron chi connectivity index (χ0n) is 37.0. The Bertz CT molecular complexity index is 3110. The molecule has 0 bridgehead atoms. The molecule has 0 atom stereocenters. The fourth-order valence-electron chi connectivity index (χ4n) is 8.41. The van der Waals surface area contributed by atoms with Crippen LogP contribution in [0.4, 0.5) is 0 Å². The third-order valence-electron chi connectivity index (χ3n) is 11.7. The Morgan fingerprint density at radius 1 is 0.319 bits per heavy atom. The fraction of sp³-hybridized carbons (Fsp3) is 0.0492. The Kier molecular flexibility index (Phi) is 15.6. The minimum Gasteiger partial charge on any atom is -0.366 e. The molecule has 12 rings (SSSR count). The summed E-state index contributed by atoms with van der Waals surface area (Å²) in [6.07, 6.45) is 16.7. The Morgan fingerprint density at radius 3 is 0.928 bits per heavy atom. The molecule has 2 aliphatic carbocycles. The fourth-order valence-corrected chi connectivity index (χ4v) is 8.41. The molecule has 69 heavy (non-hydrogen) atoms. The second kappa shape index (κ2) is 22.5. The van der Waals surface area contributed by atoms with Crippen LogP contribution in [0.1, 0.15) is 45.0 Å². The number of nitrogens with zero attached hydrogens (tertiary/aromatic N) is 6. The van der Waals surface area contributed by atoms with Crippen molar-refractivity contribution in [3.63, 3.8) is 0 Å². The number of aromatic nitrogens is 6. The third-order valence-corrected chi connectivity index (χ3v) is 11.7. The molecule has 2 aromatic heterocycles. The first kappa shape index (κ1) is 47.9. The van der Waals surface area contributed by atoms with Crippen LogP contribution in [0.25, 0.3) is 67.8 Å². The molecule has 6 nitrogen and oxygen atoms in total. The largest absolute Gasteiger partial charge is 1.00 e. The number of benzene rings is 8. The molecule has 0 radical (unpaired) electrons. The van der Waals surface area contributed by atoms with Crippen molar-refractivity contribution in [1.29, 1.82) is 0 Å². The summed E-state index contributed by atoms with van der Waals surface area (Å²) in [6, 6.07) is 68.8. The molecular formula is C61H40Au2N6. The molecule has 0 unspecified atom stereocenters. The van der Waals surface area contributed by atoms with E-state index in [1.165, 1.54) is 44.5 Å². The Labute approximate surface area is 434 Å². The van der Waals surface area contributed by atoms with Crippen LogP contribution in [0.2, 0.25) is 0 Å². The second-order valence-electron chi connectivity index (χ2n) is 16.1. The van der Waals surface area contributed by atoms with Gasteiger partial charge in [-0.15, -0.1) is 35.4 Å². The van der Waals surface area contributed by atoms with E-state index >= 15 is 0 Å². The van der Waals surface area contributed by atoms with E-state index in [-0.39, 0.29) is 44.8 Å². The molecule has 0 spiro atoms. The van der Waals surface area contributed by atoms with Gasteiger partial charge in [0.2, 0.25) is 0 Å². The van der Waals surface area contributed by atoms with E-state index in [0.717, 1.165) is 46.2 Å². The van der Waals surface area contributed by atoms with Crippen molar-refractivity contribution in [3.8, 4) is 79.6 Å².